The van der Waals surface area contributed by atoms with E-state index in [4.69, 9.17) is 5.26 Å². The van der Waals surface area contributed by atoms with Crippen LogP contribution in [0.3, 0.4) is 0 Å². The first-order valence-corrected chi connectivity index (χ1v) is 6.42. The van der Waals surface area contributed by atoms with Crippen molar-refractivity contribution in [1.29, 1.82) is 5.26 Å². The van der Waals surface area contributed by atoms with Crippen molar-refractivity contribution in [2.75, 3.05) is 26.2 Å². The number of halogens is 2. The third kappa shape index (κ3) is 4.58. The van der Waals surface area contributed by atoms with Gasteiger partial charge in [0.2, 0.25) is 0 Å². The van der Waals surface area contributed by atoms with Crippen molar-refractivity contribution in [2.24, 2.45) is 0 Å². The lowest BCUT2D eigenvalue weighted by Crippen LogP contribution is -2.33. The zero-order valence-electron chi connectivity index (χ0n) is 11.3. The van der Waals surface area contributed by atoms with E-state index < -0.39 is 17.7 Å². The maximum atomic E-state index is 13.6. The summed E-state index contributed by atoms with van der Waals surface area (Å²) in [7, 11) is 0. The minimum Gasteiger partial charge on any atom is -0.303 e. The Morgan fingerprint density at radius 3 is 2.58 bits per heavy atom. The number of benzene rings is 1. The van der Waals surface area contributed by atoms with Gasteiger partial charge in [0, 0.05) is 18.7 Å². The average Bonchev–Trinajstić information content (AvgIpc) is 2.42. The Labute approximate surface area is 112 Å². The highest BCUT2D eigenvalue weighted by Gasteiger charge is 2.15. The summed E-state index contributed by atoms with van der Waals surface area (Å²) < 4.78 is 26.6. The van der Waals surface area contributed by atoms with Crippen molar-refractivity contribution in [3.05, 3.63) is 35.4 Å². The maximum absolute atomic E-state index is 13.6. The van der Waals surface area contributed by atoms with Crippen molar-refractivity contribution in [3.8, 4) is 6.07 Å². The van der Waals surface area contributed by atoms with Gasteiger partial charge in [0.1, 0.15) is 17.7 Å². The van der Waals surface area contributed by atoms with Gasteiger partial charge in [-0.15, -0.1) is 0 Å². The first-order chi connectivity index (χ1) is 9.12. The largest absolute Gasteiger partial charge is 0.303 e. The summed E-state index contributed by atoms with van der Waals surface area (Å²) in [4.78, 5) is 2.18. The SMILES string of the molecule is CCN(CC)CCNC(C#N)c1cc(F)ccc1F. The summed E-state index contributed by atoms with van der Waals surface area (Å²) in [6.45, 7) is 7.26. The zero-order chi connectivity index (χ0) is 14.3. The molecular formula is C14H19F2N3. The van der Waals surface area contributed by atoms with Gasteiger partial charge in [0.15, 0.2) is 0 Å². The van der Waals surface area contributed by atoms with Crippen LogP contribution in [0.25, 0.3) is 0 Å². The molecule has 0 amide bonds. The van der Waals surface area contributed by atoms with Crippen LogP contribution in [0.2, 0.25) is 0 Å². The Morgan fingerprint density at radius 1 is 1.32 bits per heavy atom. The van der Waals surface area contributed by atoms with Crippen LogP contribution in [-0.4, -0.2) is 31.1 Å². The molecule has 0 bridgehead atoms. The van der Waals surface area contributed by atoms with Gasteiger partial charge in [-0.3, -0.25) is 5.32 Å². The Balaban J connectivity index is 2.64. The summed E-state index contributed by atoms with van der Waals surface area (Å²) in [6.07, 6.45) is 0. The summed E-state index contributed by atoms with van der Waals surface area (Å²) in [5.41, 5.74) is 0.0575. The lowest BCUT2D eigenvalue weighted by Gasteiger charge is -2.19. The maximum Gasteiger partial charge on any atom is 0.129 e. The number of nitriles is 1. The van der Waals surface area contributed by atoms with Crippen molar-refractivity contribution in [3.63, 3.8) is 0 Å². The number of nitrogens with zero attached hydrogens (tertiary/aromatic N) is 2. The molecule has 0 aliphatic heterocycles. The molecule has 0 radical (unpaired) electrons. The molecule has 0 saturated carbocycles. The molecule has 1 unspecified atom stereocenters. The second kappa shape index (κ2) is 7.82. The van der Waals surface area contributed by atoms with E-state index in [1.807, 2.05) is 6.07 Å². The predicted octanol–water partition coefficient (Wildman–Crippen LogP) is 2.46. The van der Waals surface area contributed by atoms with E-state index in [0.717, 1.165) is 37.8 Å². The number of rotatable bonds is 7. The lowest BCUT2D eigenvalue weighted by atomic mass is 10.1. The average molecular weight is 267 g/mol. The fourth-order valence-electron chi connectivity index (χ4n) is 1.87. The fraction of sp³-hybridized carbons (Fsp3) is 0.500. The topological polar surface area (TPSA) is 39.1 Å². The third-order valence-corrected chi connectivity index (χ3v) is 3.07. The molecule has 0 spiro atoms. The van der Waals surface area contributed by atoms with Crippen molar-refractivity contribution in [1.82, 2.24) is 10.2 Å². The van der Waals surface area contributed by atoms with E-state index in [9.17, 15) is 8.78 Å². The van der Waals surface area contributed by atoms with E-state index in [1.54, 1.807) is 0 Å². The minimum atomic E-state index is -0.828. The summed E-state index contributed by atoms with van der Waals surface area (Å²) in [5.74, 6) is -1.11. The highest BCUT2D eigenvalue weighted by atomic mass is 19.1. The van der Waals surface area contributed by atoms with Crippen LogP contribution in [-0.2, 0) is 0 Å². The predicted molar refractivity (Wildman–Crippen MR) is 70.5 cm³/mol. The molecule has 1 rings (SSSR count). The Hall–Kier alpha value is -1.51. The molecule has 0 aliphatic carbocycles. The molecule has 1 N–H and O–H groups in total. The van der Waals surface area contributed by atoms with E-state index >= 15 is 0 Å². The van der Waals surface area contributed by atoms with Crippen LogP contribution in [0.5, 0.6) is 0 Å². The highest BCUT2D eigenvalue weighted by molar-refractivity contribution is 5.26. The van der Waals surface area contributed by atoms with Crippen LogP contribution in [0.15, 0.2) is 18.2 Å². The van der Waals surface area contributed by atoms with Crippen molar-refractivity contribution in [2.45, 2.75) is 19.9 Å². The van der Waals surface area contributed by atoms with Gasteiger partial charge in [-0.25, -0.2) is 8.78 Å². The third-order valence-electron chi connectivity index (χ3n) is 3.07. The molecule has 0 fully saturated rings. The quantitative estimate of drug-likeness (QED) is 0.825. The minimum absolute atomic E-state index is 0.0575. The smallest absolute Gasteiger partial charge is 0.129 e. The van der Waals surface area contributed by atoms with Crippen LogP contribution < -0.4 is 5.32 Å². The molecule has 19 heavy (non-hydrogen) atoms. The highest BCUT2D eigenvalue weighted by Crippen LogP contribution is 2.17. The van der Waals surface area contributed by atoms with Gasteiger partial charge in [0.25, 0.3) is 0 Å². The molecule has 0 saturated heterocycles. The number of hydrogen-bond donors (Lipinski definition) is 1. The summed E-state index contributed by atoms with van der Waals surface area (Å²) >= 11 is 0. The fourth-order valence-corrected chi connectivity index (χ4v) is 1.87. The zero-order valence-corrected chi connectivity index (χ0v) is 11.3. The Morgan fingerprint density at radius 2 is 2.00 bits per heavy atom. The van der Waals surface area contributed by atoms with E-state index in [0.29, 0.717) is 6.54 Å². The van der Waals surface area contributed by atoms with Crippen molar-refractivity contribution >= 4 is 0 Å². The molecule has 5 heteroatoms. The normalized spacial score (nSPS) is 12.4. The standard InChI is InChI=1S/C14H19F2N3/c1-3-19(4-2)8-7-18-14(10-17)12-9-11(15)5-6-13(12)16/h5-6,9,14,18H,3-4,7-8H2,1-2H3. The van der Waals surface area contributed by atoms with Gasteiger partial charge in [-0.1, -0.05) is 13.8 Å². The second-order valence-corrected chi connectivity index (χ2v) is 4.21. The van der Waals surface area contributed by atoms with Gasteiger partial charge < -0.3 is 4.90 Å². The number of likely N-dealkylation sites (N-methyl/N-ethyl adjacent to an activating group) is 1. The van der Waals surface area contributed by atoms with Gasteiger partial charge in [0.05, 0.1) is 6.07 Å². The van der Waals surface area contributed by atoms with Gasteiger partial charge in [-0.05, 0) is 31.3 Å². The molecule has 3 nitrogen and oxygen atoms in total. The van der Waals surface area contributed by atoms with Gasteiger partial charge >= 0.3 is 0 Å². The first kappa shape index (κ1) is 15.5. The molecule has 104 valence electrons. The number of hydrogen-bond acceptors (Lipinski definition) is 3. The van der Waals surface area contributed by atoms with Crippen molar-refractivity contribution < 1.29 is 8.78 Å². The monoisotopic (exact) mass is 267 g/mol. The Kier molecular flexibility index (Phi) is 6.40. The van der Waals surface area contributed by atoms with Crippen LogP contribution in [0.1, 0.15) is 25.5 Å². The second-order valence-electron chi connectivity index (χ2n) is 4.21. The van der Waals surface area contributed by atoms with E-state index in [2.05, 4.69) is 24.1 Å². The molecular weight excluding hydrogens is 248 g/mol. The first-order valence-electron chi connectivity index (χ1n) is 6.42. The van der Waals surface area contributed by atoms with Crippen LogP contribution >= 0.6 is 0 Å². The Bertz CT molecular complexity index is 439. The summed E-state index contributed by atoms with van der Waals surface area (Å²) in [6, 6.07) is 4.28. The van der Waals surface area contributed by atoms with E-state index in [1.165, 1.54) is 0 Å². The summed E-state index contributed by atoms with van der Waals surface area (Å²) in [5, 5.41) is 12.0. The molecule has 0 aliphatic rings. The molecule has 0 aromatic heterocycles. The molecule has 1 aromatic rings. The van der Waals surface area contributed by atoms with Crippen LogP contribution in [0.4, 0.5) is 8.78 Å². The lowest BCUT2D eigenvalue weighted by molar-refractivity contribution is 0.299. The van der Waals surface area contributed by atoms with Gasteiger partial charge in [-0.2, -0.15) is 5.26 Å². The van der Waals surface area contributed by atoms with Crippen LogP contribution in [0, 0.1) is 23.0 Å². The van der Waals surface area contributed by atoms with E-state index in [-0.39, 0.29) is 5.56 Å². The molecule has 0 heterocycles. The molecule has 1 aromatic carbocycles. The number of nitrogens with one attached hydrogen (secondary N) is 1. The molecule has 1 atom stereocenters.